The number of rotatable bonds is 10. The van der Waals surface area contributed by atoms with Gasteiger partial charge in [0.2, 0.25) is 0 Å². The van der Waals surface area contributed by atoms with E-state index < -0.39 is 9.39 Å². The lowest BCUT2D eigenvalue weighted by Gasteiger charge is -2.31. The van der Waals surface area contributed by atoms with Crippen LogP contribution in [0.2, 0.25) is 0 Å². The van der Waals surface area contributed by atoms with Crippen molar-refractivity contribution >= 4 is 38.6 Å². The summed E-state index contributed by atoms with van der Waals surface area (Å²) in [5, 5.41) is 3.71. The number of hydrogen-bond donors (Lipinski definition) is 1. The molecule has 4 rings (SSSR count). The summed E-state index contributed by atoms with van der Waals surface area (Å²) < 4.78 is 2.23. The second-order valence-electron chi connectivity index (χ2n) is 10.3. The number of allylic oxidation sites excluding steroid dienone is 6. The number of benzene rings is 1. The molecule has 0 radical (unpaired) electrons. The number of anilines is 1. The number of hydrogen-bond acceptors (Lipinski definition) is 4. The average molecular weight is 496 g/mol. The Kier molecular flexibility index (Phi) is 7.19. The lowest BCUT2D eigenvalue weighted by Crippen LogP contribution is -2.37. The highest BCUT2D eigenvalue weighted by Gasteiger charge is 2.68. The fourth-order valence-electron chi connectivity index (χ4n) is 5.61. The third kappa shape index (κ3) is 4.80. The molecule has 3 aliphatic rings. The molecule has 1 aliphatic heterocycles. The molecule has 2 fully saturated rings. The first-order chi connectivity index (χ1) is 16.1. The summed E-state index contributed by atoms with van der Waals surface area (Å²) in [5.41, 5.74) is 5.31. The summed E-state index contributed by atoms with van der Waals surface area (Å²) in [6.45, 7) is 13.2. The first-order valence-corrected chi connectivity index (χ1v) is 15.4. The maximum Gasteiger partial charge on any atom is 0.0532 e. The van der Waals surface area contributed by atoms with Crippen LogP contribution in [0.25, 0.3) is 0 Å². The molecule has 1 aromatic rings. The fraction of sp³-hybridized carbons (Fsp3) is 0.448. The van der Waals surface area contributed by atoms with Crippen molar-refractivity contribution in [1.29, 1.82) is 0 Å². The van der Waals surface area contributed by atoms with Gasteiger partial charge >= 0.3 is 0 Å². The van der Waals surface area contributed by atoms with Crippen LogP contribution in [0.4, 0.5) is 5.69 Å². The molecule has 1 heterocycles. The lowest BCUT2D eigenvalue weighted by molar-refractivity contribution is 0.306. The monoisotopic (exact) mass is 495 g/mol. The summed E-state index contributed by atoms with van der Waals surface area (Å²) >= 11 is 1.88. The van der Waals surface area contributed by atoms with Crippen LogP contribution in [-0.2, 0) is 5.54 Å². The first-order valence-electron chi connectivity index (χ1n) is 12.2. The van der Waals surface area contributed by atoms with Crippen molar-refractivity contribution in [2.24, 2.45) is 11.8 Å². The van der Waals surface area contributed by atoms with Crippen molar-refractivity contribution in [3.63, 3.8) is 0 Å². The molecule has 0 bridgehead atoms. The molecule has 1 N–H and O–H groups in total. The van der Waals surface area contributed by atoms with E-state index in [4.69, 9.17) is 0 Å². The van der Waals surface area contributed by atoms with E-state index in [-0.39, 0.29) is 5.54 Å². The molecule has 34 heavy (non-hydrogen) atoms. The fourth-order valence-corrected chi connectivity index (χ4v) is 7.23. The van der Waals surface area contributed by atoms with Crippen molar-refractivity contribution in [2.75, 3.05) is 37.7 Å². The van der Waals surface area contributed by atoms with Crippen LogP contribution in [0, 0.1) is 11.8 Å². The van der Waals surface area contributed by atoms with Gasteiger partial charge in [0.05, 0.1) is 5.54 Å². The van der Waals surface area contributed by atoms with Crippen LogP contribution in [0.3, 0.4) is 0 Å². The number of fused-ring (bicyclic) bond motifs is 1. The molecule has 1 aromatic carbocycles. The number of likely N-dealkylation sites (tertiary alicyclic amines) is 1. The highest BCUT2D eigenvalue weighted by molar-refractivity contribution is 8.28. The van der Waals surface area contributed by atoms with Crippen LogP contribution < -0.4 is 9.62 Å². The number of thioether (sulfide) groups is 1. The van der Waals surface area contributed by atoms with E-state index in [2.05, 4.69) is 103 Å². The van der Waals surface area contributed by atoms with Crippen LogP contribution in [-0.4, -0.2) is 50.1 Å². The maximum absolute atomic E-state index is 4.45. The molecule has 0 spiro atoms. The zero-order valence-corrected chi connectivity index (χ0v) is 23.0. The molecular formula is C29H41N3S2. The van der Waals surface area contributed by atoms with E-state index in [0.717, 1.165) is 38.8 Å². The summed E-state index contributed by atoms with van der Waals surface area (Å²) in [7, 11) is 2.93. The summed E-state index contributed by atoms with van der Waals surface area (Å²) in [6, 6.07) is 8.97. The highest BCUT2D eigenvalue weighted by atomic mass is 32.2. The SMILES string of the molecule is C=C(CCC(=C)N1CC2C(C1)C2(NC)c1cccc(N(C)S(=C)(=C)C)c1)SC1=C(C)C=CCC1. The molecule has 5 heteroatoms. The van der Waals surface area contributed by atoms with Gasteiger partial charge < -0.3 is 14.5 Å². The van der Waals surface area contributed by atoms with Crippen molar-refractivity contribution in [2.45, 2.75) is 38.1 Å². The Morgan fingerprint density at radius 2 is 1.94 bits per heavy atom. The third-order valence-corrected chi connectivity index (χ3v) is 10.7. The van der Waals surface area contributed by atoms with E-state index in [0.29, 0.717) is 11.8 Å². The average Bonchev–Trinajstić information content (AvgIpc) is 3.17. The van der Waals surface area contributed by atoms with Gasteiger partial charge in [0, 0.05) is 43.4 Å². The standard InChI is InChI=1S/C29H41N3S2/c1-21-12-9-10-15-28(21)33-23(3)17-16-22(2)32-19-26-27(20-32)29(26,30-4)24-13-11-14-25(18-24)31(5)34(6,7)8/h9,11-14,18,26-27,30H,2-3,6-7,10,15-17,19-20H2,1,4-5,8H3. The Morgan fingerprint density at radius 3 is 2.56 bits per heavy atom. The van der Waals surface area contributed by atoms with E-state index >= 15 is 0 Å². The Morgan fingerprint density at radius 1 is 1.24 bits per heavy atom. The molecule has 184 valence electrons. The molecule has 2 atom stereocenters. The van der Waals surface area contributed by atoms with Gasteiger partial charge in [0.15, 0.2) is 0 Å². The minimum Gasteiger partial charge on any atom is -0.375 e. The second kappa shape index (κ2) is 9.67. The van der Waals surface area contributed by atoms with Gasteiger partial charge in [0.25, 0.3) is 0 Å². The van der Waals surface area contributed by atoms with Crippen LogP contribution in [0.5, 0.6) is 0 Å². The predicted octanol–water partition coefficient (Wildman–Crippen LogP) is 6.48. The highest BCUT2D eigenvalue weighted by Crippen LogP contribution is 2.62. The normalized spacial score (nSPS) is 25.9. The summed E-state index contributed by atoms with van der Waals surface area (Å²) in [6.07, 6.45) is 10.9. The summed E-state index contributed by atoms with van der Waals surface area (Å²) in [4.78, 5) is 5.25. The topological polar surface area (TPSA) is 18.5 Å². The number of piperidine rings is 1. The van der Waals surface area contributed by atoms with Gasteiger partial charge in [-0.2, -0.15) is 0 Å². The Bertz CT molecular complexity index is 1130. The van der Waals surface area contributed by atoms with Gasteiger partial charge in [-0.15, -0.1) is 9.39 Å². The van der Waals surface area contributed by atoms with E-state index in [1.165, 1.54) is 32.3 Å². The minimum absolute atomic E-state index is 0.0691. The van der Waals surface area contributed by atoms with Crippen LogP contribution >= 0.6 is 21.2 Å². The minimum atomic E-state index is -1.29. The van der Waals surface area contributed by atoms with Gasteiger partial charge in [-0.3, -0.25) is 0 Å². The lowest BCUT2D eigenvalue weighted by atomic mass is 9.98. The van der Waals surface area contributed by atoms with E-state index in [9.17, 15) is 0 Å². The third-order valence-electron chi connectivity index (χ3n) is 7.90. The van der Waals surface area contributed by atoms with Gasteiger partial charge in [-0.25, -0.2) is 0 Å². The predicted molar refractivity (Wildman–Crippen MR) is 158 cm³/mol. The van der Waals surface area contributed by atoms with E-state index in [1.807, 2.05) is 11.8 Å². The molecule has 1 saturated heterocycles. The molecule has 0 aromatic heterocycles. The molecule has 2 aliphatic carbocycles. The zero-order valence-electron chi connectivity index (χ0n) is 21.4. The maximum atomic E-state index is 4.45. The van der Waals surface area contributed by atoms with Gasteiger partial charge in [-0.1, -0.05) is 60.9 Å². The number of nitrogens with one attached hydrogen (secondary N) is 1. The molecule has 3 nitrogen and oxygen atoms in total. The second-order valence-corrected chi connectivity index (χ2v) is 14.5. The largest absolute Gasteiger partial charge is 0.375 e. The van der Waals surface area contributed by atoms with Gasteiger partial charge in [-0.05, 0) is 79.0 Å². The van der Waals surface area contributed by atoms with Crippen molar-refractivity contribution in [1.82, 2.24) is 10.2 Å². The Labute approximate surface area is 212 Å². The quantitative estimate of drug-likeness (QED) is 0.374. The molecule has 2 unspecified atom stereocenters. The van der Waals surface area contributed by atoms with Crippen molar-refractivity contribution in [3.8, 4) is 0 Å². The van der Waals surface area contributed by atoms with Crippen LogP contribution in [0.1, 0.15) is 38.2 Å². The van der Waals surface area contributed by atoms with E-state index in [1.54, 1.807) is 0 Å². The first kappa shape index (κ1) is 25.3. The smallest absolute Gasteiger partial charge is 0.0532 e. The molecular weight excluding hydrogens is 454 g/mol. The summed E-state index contributed by atoms with van der Waals surface area (Å²) in [5.74, 6) is 9.80. The molecule has 1 saturated carbocycles. The molecule has 0 amide bonds. The zero-order chi connectivity index (χ0) is 24.7. The van der Waals surface area contributed by atoms with Gasteiger partial charge in [0.1, 0.15) is 0 Å². The van der Waals surface area contributed by atoms with Crippen molar-refractivity contribution < 1.29 is 0 Å². The Balaban J connectivity index is 1.35. The van der Waals surface area contributed by atoms with Crippen LogP contribution in [0.15, 0.2) is 70.7 Å². The Hall–Kier alpha value is -1.82. The van der Waals surface area contributed by atoms with Crippen molar-refractivity contribution in [3.05, 3.63) is 76.2 Å². The number of nitrogens with zero attached hydrogens (tertiary/aromatic N) is 2.